The summed E-state index contributed by atoms with van der Waals surface area (Å²) in [4.78, 5) is 25.8. The lowest BCUT2D eigenvalue weighted by Crippen LogP contribution is -2.44. The van der Waals surface area contributed by atoms with Gasteiger partial charge >= 0.3 is 0 Å². The number of carbonyl (C=O) groups is 2. The van der Waals surface area contributed by atoms with Gasteiger partial charge in [0.1, 0.15) is 0 Å². The third-order valence-electron chi connectivity index (χ3n) is 2.80. The Labute approximate surface area is 123 Å². The normalized spacial score (nSPS) is 12.2. The average Bonchev–Trinajstić information content (AvgIpc) is 2.89. The average molecular weight is 298 g/mol. The molecule has 0 saturated carbocycles. The van der Waals surface area contributed by atoms with Crippen molar-refractivity contribution in [3.63, 3.8) is 0 Å². The predicted molar refractivity (Wildman–Crippen MR) is 79.8 cm³/mol. The van der Waals surface area contributed by atoms with Gasteiger partial charge in [-0.15, -0.1) is 11.3 Å². The molecule has 0 aliphatic heterocycles. The van der Waals surface area contributed by atoms with Crippen molar-refractivity contribution in [3.8, 4) is 0 Å². The van der Waals surface area contributed by atoms with Crippen LogP contribution in [0.1, 0.15) is 29.9 Å². The van der Waals surface area contributed by atoms with E-state index in [1.165, 1.54) is 16.2 Å². The van der Waals surface area contributed by atoms with E-state index in [4.69, 9.17) is 0 Å². The fourth-order valence-electron chi connectivity index (χ4n) is 1.90. The maximum absolute atomic E-state index is 12.0. The van der Waals surface area contributed by atoms with Gasteiger partial charge in [-0.25, -0.2) is 0 Å². The Morgan fingerprint density at radius 1 is 1.45 bits per heavy atom. The molecule has 1 rings (SSSR count). The smallest absolute Gasteiger partial charge is 0.264 e. The third kappa shape index (κ3) is 5.30. The molecule has 0 fully saturated rings. The molecule has 0 saturated heterocycles. The first-order valence-corrected chi connectivity index (χ1v) is 7.51. The molecular formula is C14H22N2O3S. The second kappa shape index (κ2) is 8.01. The Bertz CT molecular complexity index is 432. The number of aliphatic hydroxyl groups is 1. The number of hydrogen-bond acceptors (Lipinski definition) is 4. The SMILES string of the molecule is CC(C)CC(CO)NC(=O)CN(C)C(=O)c1cccs1. The van der Waals surface area contributed by atoms with E-state index in [2.05, 4.69) is 5.32 Å². The van der Waals surface area contributed by atoms with E-state index in [0.717, 1.165) is 0 Å². The van der Waals surface area contributed by atoms with Crippen molar-refractivity contribution in [2.24, 2.45) is 5.92 Å². The molecule has 5 nitrogen and oxygen atoms in total. The van der Waals surface area contributed by atoms with E-state index in [9.17, 15) is 14.7 Å². The van der Waals surface area contributed by atoms with E-state index in [1.807, 2.05) is 19.2 Å². The third-order valence-corrected chi connectivity index (χ3v) is 3.66. The quantitative estimate of drug-likeness (QED) is 0.798. The van der Waals surface area contributed by atoms with Gasteiger partial charge in [0.25, 0.3) is 5.91 Å². The summed E-state index contributed by atoms with van der Waals surface area (Å²) in [5.41, 5.74) is 0. The van der Waals surface area contributed by atoms with Gasteiger partial charge in [-0.2, -0.15) is 0 Å². The molecule has 1 atom stereocenters. The van der Waals surface area contributed by atoms with Crippen molar-refractivity contribution in [2.45, 2.75) is 26.3 Å². The lowest BCUT2D eigenvalue weighted by atomic mass is 10.0. The number of amides is 2. The maximum Gasteiger partial charge on any atom is 0.264 e. The molecule has 1 heterocycles. The maximum atomic E-state index is 12.0. The highest BCUT2D eigenvalue weighted by Gasteiger charge is 2.18. The molecular weight excluding hydrogens is 276 g/mol. The van der Waals surface area contributed by atoms with Gasteiger partial charge in [0.2, 0.25) is 5.91 Å². The second-order valence-electron chi connectivity index (χ2n) is 5.22. The van der Waals surface area contributed by atoms with Gasteiger partial charge in [0, 0.05) is 7.05 Å². The van der Waals surface area contributed by atoms with Gasteiger partial charge in [-0.05, 0) is 23.8 Å². The standard InChI is InChI=1S/C14H22N2O3S/c1-10(2)7-11(9-17)15-13(18)8-16(3)14(19)12-5-4-6-20-12/h4-6,10-11,17H,7-9H2,1-3H3,(H,15,18). The molecule has 0 radical (unpaired) electrons. The Kier molecular flexibility index (Phi) is 6.67. The number of likely N-dealkylation sites (N-methyl/N-ethyl adjacent to an activating group) is 1. The van der Waals surface area contributed by atoms with Crippen molar-refractivity contribution in [2.75, 3.05) is 20.2 Å². The number of nitrogens with one attached hydrogen (secondary N) is 1. The largest absolute Gasteiger partial charge is 0.394 e. The van der Waals surface area contributed by atoms with E-state index in [1.54, 1.807) is 19.2 Å². The monoisotopic (exact) mass is 298 g/mol. The van der Waals surface area contributed by atoms with Crippen LogP contribution in [0, 0.1) is 5.92 Å². The zero-order valence-electron chi connectivity index (χ0n) is 12.1. The first kappa shape index (κ1) is 16.7. The van der Waals surface area contributed by atoms with Gasteiger partial charge in [0.15, 0.2) is 0 Å². The Balaban J connectivity index is 2.47. The molecule has 1 unspecified atom stereocenters. The zero-order valence-corrected chi connectivity index (χ0v) is 12.9. The summed E-state index contributed by atoms with van der Waals surface area (Å²) < 4.78 is 0. The van der Waals surface area contributed by atoms with Crippen molar-refractivity contribution in [3.05, 3.63) is 22.4 Å². The molecule has 6 heteroatoms. The summed E-state index contributed by atoms with van der Waals surface area (Å²) >= 11 is 1.35. The molecule has 1 aromatic rings. The summed E-state index contributed by atoms with van der Waals surface area (Å²) in [6.07, 6.45) is 0.713. The summed E-state index contributed by atoms with van der Waals surface area (Å²) in [6, 6.07) is 3.28. The number of hydrogen-bond donors (Lipinski definition) is 2. The minimum absolute atomic E-state index is 0.00860. The Morgan fingerprint density at radius 2 is 2.15 bits per heavy atom. The minimum atomic E-state index is -0.257. The number of aliphatic hydroxyl groups excluding tert-OH is 1. The van der Waals surface area contributed by atoms with Crippen LogP contribution in [-0.2, 0) is 4.79 Å². The molecule has 0 bridgehead atoms. The van der Waals surface area contributed by atoms with E-state index in [0.29, 0.717) is 17.2 Å². The van der Waals surface area contributed by atoms with Crippen LogP contribution in [0.25, 0.3) is 0 Å². The molecule has 2 N–H and O–H groups in total. The van der Waals surface area contributed by atoms with E-state index < -0.39 is 0 Å². The van der Waals surface area contributed by atoms with Crippen LogP contribution >= 0.6 is 11.3 Å². The van der Waals surface area contributed by atoms with Crippen LogP contribution in [0.4, 0.5) is 0 Å². The van der Waals surface area contributed by atoms with Crippen LogP contribution in [-0.4, -0.2) is 48.1 Å². The van der Waals surface area contributed by atoms with Gasteiger partial charge in [-0.1, -0.05) is 19.9 Å². The first-order chi connectivity index (χ1) is 9.43. The summed E-state index contributed by atoms with van der Waals surface area (Å²) in [6.45, 7) is 3.96. The zero-order chi connectivity index (χ0) is 15.1. The molecule has 20 heavy (non-hydrogen) atoms. The lowest BCUT2D eigenvalue weighted by molar-refractivity contribution is -0.122. The molecule has 0 aromatic carbocycles. The highest BCUT2D eigenvalue weighted by atomic mass is 32.1. The predicted octanol–water partition coefficient (Wildman–Crippen LogP) is 1.34. The van der Waals surface area contributed by atoms with Crippen LogP contribution in [0.3, 0.4) is 0 Å². The molecule has 0 aliphatic rings. The van der Waals surface area contributed by atoms with Gasteiger partial charge < -0.3 is 15.3 Å². The second-order valence-corrected chi connectivity index (χ2v) is 6.16. The molecule has 1 aromatic heterocycles. The summed E-state index contributed by atoms with van der Waals surface area (Å²) in [5.74, 6) is -0.0328. The number of carbonyl (C=O) groups excluding carboxylic acids is 2. The van der Waals surface area contributed by atoms with Gasteiger partial charge in [-0.3, -0.25) is 9.59 Å². The molecule has 0 spiro atoms. The van der Waals surface area contributed by atoms with E-state index in [-0.39, 0.29) is 31.0 Å². The summed E-state index contributed by atoms with van der Waals surface area (Å²) in [5, 5.41) is 13.8. The van der Waals surface area contributed by atoms with Crippen LogP contribution < -0.4 is 5.32 Å². The Hall–Kier alpha value is -1.40. The number of nitrogens with zero attached hydrogens (tertiary/aromatic N) is 1. The molecule has 2 amide bonds. The van der Waals surface area contributed by atoms with Crippen molar-refractivity contribution >= 4 is 23.2 Å². The van der Waals surface area contributed by atoms with Gasteiger partial charge in [0.05, 0.1) is 24.1 Å². The fraction of sp³-hybridized carbons (Fsp3) is 0.571. The van der Waals surface area contributed by atoms with E-state index >= 15 is 0 Å². The van der Waals surface area contributed by atoms with Crippen molar-refractivity contribution < 1.29 is 14.7 Å². The van der Waals surface area contributed by atoms with Crippen LogP contribution in [0.2, 0.25) is 0 Å². The Morgan fingerprint density at radius 3 is 2.65 bits per heavy atom. The van der Waals surface area contributed by atoms with Crippen molar-refractivity contribution in [1.29, 1.82) is 0 Å². The topological polar surface area (TPSA) is 69.6 Å². The molecule has 0 aliphatic carbocycles. The molecule has 112 valence electrons. The minimum Gasteiger partial charge on any atom is -0.394 e. The summed E-state index contributed by atoms with van der Waals surface area (Å²) in [7, 11) is 1.60. The first-order valence-electron chi connectivity index (χ1n) is 6.63. The number of thiophene rings is 1. The highest BCUT2D eigenvalue weighted by Crippen LogP contribution is 2.11. The van der Waals surface area contributed by atoms with Crippen LogP contribution in [0.15, 0.2) is 17.5 Å². The van der Waals surface area contributed by atoms with Crippen molar-refractivity contribution in [1.82, 2.24) is 10.2 Å². The lowest BCUT2D eigenvalue weighted by Gasteiger charge is -2.21. The number of rotatable bonds is 7. The van der Waals surface area contributed by atoms with Crippen LogP contribution in [0.5, 0.6) is 0 Å². The highest BCUT2D eigenvalue weighted by molar-refractivity contribution is 7.12. The fourth-order valence-corrected chi connectivity index (χ4v) is 2.61.